The number of nitrogens with two attached hydrogens (primary N) is 1. The Labute approximate surface area is 108 Å². The lowest BCUT2D eigenvalue weighted by Crippen LogP contribution is -2.20. The first-order chi connectivity index (χ1) is 8.64. The van der Waals surface area contributed by atoms with Crippen molar-refractivity contribution in [2.75, 3.05) is 6.54 Å². The van der Waals surface area contributed by atoms with Crippen molar-refractivity contribution in [3.8, 4) is 0 Å². The highest BCUT2D eigenvalue weighted by molar-refractivity contribution is 5.30. The molecule has 0 saturated heterocycles. The molecule has 0 unspecified atom stereocenters. The van der Waals surface area contributed by atoms with Crippen molar-refractivity contribution >= 4 is 0 Å². The number of H-pyrrole nitrogens is 1. The van der Waals surface area contributed by atoms with E-state index in [9.17, 15) is 0 Å². The van der Waals surface area contributed by atoms with E-state index in [1.165, 1.54) is 5.56 Å². The van der Waals surface area contributed by atoms with Crippen LogP contribution in [0.2, 0.25) is 0 Å². The van der Waals surface area contributed by atoms with Crippen LogP contribution in [0.25, 0.3) is 0 Å². The van der Waals surface area contributed by atoms with Gasteiger partial charge in [-0.25, -0.2) is 4.98 Å². The van der Waals surface area contributed by atoms with E-state index >= 15 is 0 Å². The molecule has 2 rings (SSSR count). The van der Waals surface area contributed by atoms with Gasteiger partial charge in [0.1, 0.15) is 5.82 Å². The zero-order valence-corrected chi connectivity index (χ0v) is 11.0. The number of rotatable bonds is 5. The molecule has 1 aromatic heterocycles. The third-order valence-electron chi connectivity index (χ3n) is 3.20. The molecule has 0 spiro atoms. The van der Waals surface area contributed by atoms with Crippen molar-refractivity contribution < 1.29 is 0 Å². The Bertz CT molecular complexity index is 488. The fourth-order valence-corrected chi connectivity index (χ4v) is 1.94. The Morgan fingerprint density at radius 1 is 1.22 bits per heavy atom. The molecule has 96 valence electrons. The molecule has 0 aliphatic carbocycles. The second kappa shape index (κ2) is 5.31. The highest BCUT2D eigenvalue weighted by atomic mass is 15.2. The Morgan fingerprint density at radius 3 is 2.61 bits per heavy atom. The molecule has 4 nitrogen and oxygen atoms in total. The number of aromatic nitrogens is 3. The third kappa shape index (κ3) is 2.59. The summed E-state index contributed by atoms with van der Waals surface area (Å²) in [6.07, 6.45) is 1.79. The minimum Gasteiger partial charge on any atom is -0.330 e. The van der Waals surface area contributed by atoms with Gasteiger partial charge in [-0.2, -0.15) is 5.10 Å². The number of nitrogens with zero attached hydrogens (tertiary/aromatic N) is 2. The van der Waals surface area contributed by atoms with E-state index < -0.39 is 0 Å². The molecular formula is C14H20N4. The average molecular weight is 244 g/mol. The molecule has 1 aromatic carbocycles. The van der Waals surface area contributed by atoms with Gasteiger partial charge in [-0.15, -0.1) is 0 Å². The summed E-state index contributed by atoms with van der Waals surface area (Å²) >= 11 is 0. The van der Waals surface area contributed by atoms with Crippen LogP contribution in [0.15, 0.2) is 30.3 Å². The maximum absolute atomic E-state index is 5.50. The number of hydrogen-bond donors (Lipinski definition) is 2. The molecule has 0 amide bonds. The second-order valence-corrected chi connectivity index (χ2v) is 4.99. The van der Waals surface area contributed by atoms with Gasteiger partial charge in [0.2, 0.25) is 0 Å². The lowest BCUT2D eigenvalue weighted by Gasteiger charge is -2.21. The molecule has 0 saturated carbocycles. The van der Waals surface area contributed by atoms with Crippen LogP contribution in [0.1, 0.15) is 37.5 Å². The van der Waals surface area contributed by atoms with Crippen molar-refractivity contribution in [1.29, 1.82) is 0 Å². The average Bonchev–Trinajstić information content (AvgIpc) is 2.87. The van der Waals surface area contributed by atoms with E-state index in [0.717, 1.165) is 24.5 Å². The van der Waals surface area contributed by atoms with Crippen molar-refractivity contribution in [2.24, 2.45) is 5.73 Å². The molecule has 3 N–H and O–H groups in total. The SMILES string of the molecule is CC(C)(c1ccccc1)c1n[nH]c(CCCN)n1. The summed E-state index contributed by atoms with van der Waals surface area (Å²) < 4.78 is 0. The fourth-order valence-electron chi connectivity index (χ4n) is 1.94. The Hall–Kier alpha value is -1.68. The van der Waals surface area contributed by atoms with Crippen LogP contribution in [-0.4, -0.2) is 21.7 Å². The monoisotopic (exact) mass is 244 g/mol. The van der Waals surface area contributed by atoms with Gasteiger partial charge in [-0.3, -0.25) is 5.10 Å². The maximum Gasteiger partial charge on any atom is 0.160 e. The summed E-state index contributed by atoms with van der Waals surface area (Å²) in [6.45, 7) is 4.95. The molecule has 0 atom stereocenters. The minimum absolute atomic E-state index is 0.182. The lowest BCUT2D eigenvalue weighted by atomic mass is 9.84. The molecular weight excluding hydrogens is 224 g/mol. The molecule has 4 heteroatoms. The summed E-state index contributed by atoms with van der Waals surface area (Å²) in [7, 11) is 0. The first kappa shape index (κ1) is 12.8. The van der Waals surface area contributed by atoms with E-state index in [2.05, 4.69) is 41.2 Å². The second-order valence-electron chi connectivity index (χ2n) is 4.99. The van der Waals surface area contributed by atoms with Gasteiger partial charge in [-0.05, 0) is 32.4 Å². The van der Waals surface area contributed by atoms with Crippen molar-refractivity contribution in [2.45, 2.75) is 32.1 Å². The predicted octanol–water partition coefficient (Wildman–Crippen LogP) is 2.02. The van der Waals surface area contributed by atoms with Gasteiger partial charge in [0.15, 0.2) is 5.82 Å². The normalized spacial score (nSPS) is 11.7. The molecule has 0 radical (unpaired) electrons. The van der Waals surface area contributed by atoms with E-state index in [4.69, 9.17) is 5.73 Å². The van der Waals surface area contributed by atoms with Gasteiger partial charge in [0.25, 0.3) is 0 Å². The van der Waals surface area contributed by atoms with Crippen LogP contribution in [-0.2, 0) is 11.8 Å². The van der Waals surface area contributed by atoms with E-state index in [1.807, 2.05) is 18.2 Å². The largest absolute Gasteiger partial charge is 0.330 e. The number of hydrogen-bond acceptors (Lipinski definition) is 3. The summed E-state index contributed by atoms with van der Waals surface area (Å²) in [5.41, 5.74) is 6.53. The van der Waals surface area contributed by atoms with Crippen LogP contribution in [0.4, 0.5) is 0 Å². The van der Waals surface area contributed by atoms with Gasteiger partial charge in [-0.1, -0.05) is 30.3 Å². The zero-order chi connectivity index (χ0) is 13.0. The van der Waals surface area contributed by atoms with Gasteiger partial charge in [0.05, 0.1) is 5.41 Å². The van der Waals surface area contributed by atoms with E-state index in [1.54, 1.807) is 0 Å². The van der Waals surface area contributed by atoms with E-state index in [0.29, 0.717) is 6.54 Å². The summed E-state index contributed by atoms with van der Waals surface area (Å²) in [6, 6.07) is 10.3. The first-order valence-corrected chi connectivity index (χ1v) is 6.32. The van der Waals surface area contributed by atoms with E-state index in [-0.39, 0.29) is 5.41 Å². The lowest BCUT2D eigenvalue weighted by molar-refractivity contribution is 0.592. The van der Waals surface area contributed by atoms with Crippen LogP contribution in [0, 0.1) is 0 Å². The highest BCUT2D eigenvalue weighted by Gasteiger charge is 2.27. The minimum atomic E-state index is -0.182. The van der Waals surface area contributed by atoms with Crippen molar-refractivity contribution in [3.63, 3.8) is 0 Å². The van der Waals surface area contributed by atoms with Gasteiger partial charge < -0.3 is 5.73 Å². The zero-order valence-electron chi connectivity index (χ0n) is 11.0. The number of benzene rings is 1. The predicted molar refractivity (Wildman–Crippen MR) is 72.3 cm³/mol. The Balaban J connectivity index is 2.22. The fraction of sp³-hybridized carbons (Fsp3) is 0.429. The Morgan fingerprint density at radius 2 is 1.94 bits per heavy atom. The molecule has 0 bridgehead atoms. The smallest absolute Gasteiger partial charge is 0.160 e. The summed E-state index contributed by atoms with van der Waals surface area (Å²) in [4.78, 5) is 4.57. The first-order valence-electron chi connectivity index (χ1n) is 6.32. The van der Waals surface area contributed by atoms with Crippen LogP contribution < -0.4 is 5.73 Å². The number of aryl methyl sites for hydroxylation is 1. The third-order valence-corrected chi connectivity index (χ3v) is 3.20. The van der Waals surface area contributed by atoms with Crippen molar-refractivity contribution in [1.82, 2.24) is 15.2 Å². The van der Waals surface area contributed by atoms with Crippen molar-refractivity contribution in [3.05, 3.63) is 47.5 Å². The van der Waals surface area contributed by atoms with Crippen LogP contribution in [0.3, 0.4) is 0 Å². The molecule has 0 fully saturated rings. The van der Waals surface area contributed by atoms with Crippen LogP contribution in [0.5, 0.6) is 0 Å². The van der Waals surface area contributed by atoms with Gasteiger partial charge in [0, 0.05) is 6.42 Å². The topological polar surface area (TPSA) is 67.6 Å². The maximum atomic E-state index is 5.50. The quantitative estimate of drug-likeness (QED) is 0.845. The van der Waals surface area contributed by atoms with Gasteiger partial charge >= 0.3 is 0 Å². The molecule has 0 aliphatic heterocycles. The summed E-state index contributed by atoms with van der Waals surface area (Å²) in [5.74, 6) is 1.75. The Kier molecular flexibility index (Phi) is 3.77. The molecule has 2 aromatic rings. The molecule has 1 heterocycles. The highest BCUT2D eigenvalue weighted by Crippen LogP contribution is 2.28. The molecule has 18 heavy (non-hydrogen) atoms. The molecule has 0 aliphatic rings. The number of aromatic amines is 1. The standard InChI is InChI=1S/C14H20N4/c1-14(2,11-7-4-3-5-8-11)13-16-12(17-18-13)9-6-10-15/h3-5,7-8H,6,9-10,15H2,1-2H3,(H,16,17,18). The summed E-state index contributed by atoms with van der Waals surface area (Å²) in [5, 5.41) is 7.34. The van der Waals surface area contributed by atoms with Crippen LogP contribution >= 0.6 is 0 Å². The number of nitrogens with one attached hydrogen (secondary N) is 1.